The van der Waals surface area contributed by atoms with Crippen molar-refractivity contribution in [2.75, 3.05) is 5.75 Å². The molecule has 1 heterocycles. The van der Waals surface area contributed by atoms with Gasteiger partial charge in [-0.05, 0) is 6.92 Å². The number of rotatable bonds is 3. The maximum atomic E-state index is 10.5. The molecule has 0 aliphatic carbocycles. The van der Waals surface area contributed by atoms with E-state index in [9.17, 15) is 8.42 Å². The van der Waals surface area contributed by atoms with E-state index in [1.807, 2.05) is 0 Å². The van der Waals surface area contributed by atoms with Gasteiger partial charge in [-0.3, -0.25) is 0 Å². The molecule has 1 aromatic heterocycles. The van der Waals surface area contributed by atoms with Gasteiger partial charge in [-0.25, -0.2) is 8.42 Å². The molecule has 0 aliphatic heterocycles. The van der Waals surface area contributed by atoms with Crippen LogP contribution in [0.5, 0.6) is 0 Å². The van der Waals surface area contributed by atoms with Crippen LogP contribution in [0, 0.1) is 6.92 Å². The molecule has 12 heavy (non-hydrogen) atoms. The summed E-state index contributed by atoms with van der Waals surface area (Å²) in [5, 5.41) is 3.62. The Morgan fingerprint density at radius 3 is 2.75 bits per heavy atom. The van der Waals surface area contributed by atoms with Gasteiger partial charge in [0.2, 0.25) is 9.05 Å². The van der Waals surface area contributed by atoms with Crippen molar-refractivity contribution < 1.29 is 12.9 Å². The monoisotopic (exact) mass is 209 g/mol. The second kappa shape index (κ2) is 3.45. The lowest BCUT2D eigenvalue weighted by molar-refractivity contribution is 0.391. The normalized spacial score (nSPS) is 11.8. The number of halogens is 1. The summed E-state index contributed by atoms with van der Waals surface area (Å²) in [6.07, 6.45) is 0.295. The van der Waals surface area contributed by atoms with Gasteiger partial charge in [0, 0.05) is 23.2 Å². The predicted octanol–water partition coefficient (Wildman–Crippen LogP) is 1.09. The highest BCUT2D eigenvalue weighted by molar-refractivity contribution is 8.13. The third kappa shape index (κ3) is 3.23. The summed E-state index contributed by atoms with van der Waals surface area (Å²) in [5.41, 5.74) is 0.608. The van der Waals surface area contributed by atoms with E-state index in [1.165, 1.54) is 0 Å². The Morgan fingerprint density at radius 2 is 2.33 bits per heavy atom. The van der Waals surface area contributed by atoms with E-state index in [0.29, 0.717) is 17.9 Å². The molecule has 0 radical (unpaired) electrons. The number of aromatic nitrogens is 1. The van der Waals surface area contributed by atoms with E-state index >= 15 is 0 Å². The highest BCUT2D eigenvalue weighted by Crippen LogP contribution is 2.05. The van der Waals surface area contributed by atoms with Gasteiger partial charge in [0.05, 0.1) is 11.4 Å². The lowest BCUT2D eigenvalue weighted by Crippen LogP contribution is -2.00. The quantitative estimate of drug-likeness (QED) is 0.700. The van der Waals surface area contributed by atoms with E-state index in [4.69, 9.17) is 15.2 Å². The first-order valence-electron chi connectivity index (χ1n) is 3.32. The average Bonchev–Trinajstić information content (AvgIpc) is 2.30. The SMILES string of the molecule is Cc1cc(CCS(=O)(=O)Cl)no1. The topological polar surface area (TPSA) is 60.2 Å². The van der Waals surface area contributed by atoms with Crippen molar-refractivity contribution >= 4 is 19.7 Å². The fraction of sp³-hybridized carbons (Fsp3) is 0.500. The van der Waals surface area contributed by atoms with Gasteiger partial charge in [0.15, 0.2) is 0 Å². The molecule has 0 saturated heterocycles. The fourth-order valence-electron chi connectivity index (χ4n) is 0.762. The zero-order valence-corrected chi connectivity index (χ0v) is 8.02. The van der Waals surface area contributed by atoms with Crippen molar-refractivity contribution in [1.29, 1.82) is 0 Å². The Morgan fingerprint density at radius 1 is 1.67 bits per heavy atom. The summed E-state index contributed by atoms with van der Waals surface area (Å²) in [6, 6.07) is 1.68. The standard InChI is InChI=1S/C6H8ClNO3S/c1-5-4-6(8-11-5)2-3-12(7,9)10/h4H,2-3H2,1H3. The van der Waals surface area contributed by atoms with Crippen LogP contribution in [-0.4, -0.2) is 19.3 Å². The number of aryl methyl sites for hydroxylation is 2. The first-order valence-corrected chi connectivity index (χ1v) is 5.80. The van der Waals surface area contributed by atoms with Crippen LogP contribution >= 0.6 is 10.7 Å². The van der Waals surface area contributed by atoms with Crippen molar-refractivity contribution in [2.45, 2.75) is 13.3 Å². The van der Waals surface area contributed by atoms with Crippen LogP contribution < -0.4 is 0 Å². The Bertz CT molecular complexity index is 357. The Balaban J connectivity index is 2.55. The molecule has 1 aromatic rings. The van der Waals surface area contributed by atoms with E-state index in [1.54, 1.807) is 13.0 Å². The molecule has 0 saturated carbocycles. The zero-order valence-electron chi connectivity index (χ0n) is 6.45. The number of hydrogen-bond acceptors (Lipinski definition) is 4. The minimum atomic E-state index is -3.42. The van der Waals surface area contributed by atoms with Crippen LogP contribution in [0.3, 0.4) is 0 Å². The van der Waals surface area contributed by atoms with Crippen LogP contribution in [0.25, 0.3) is 0 Å². The van der Waals surface area contributed by atoms with Gasteiger partial charge in [-0.2, -0.15) is 0 Å². The molecule has 68 valence electrons. The van der Waals surface area contributed by atoms with E-state index in [2.05, 4.69) is 5.16 Å². The van der Waals surface area contributed by atoms with Crippen LogP contribution in [0.15, 0.2) is 10.6 Å². The summed E-state index contributed by atoms with van der Waals surface area (Å²) < 4.78 is 25.8. The smallest absolute Gasteiger partial charge is 0.232 e. The molecule has 0 bridgehead atoms. The fourth-order valence-corrected chi connectivity index (χ4v) is 1.45. The Labute approximate surface area is 74.9 Å². The van der Waals surface area contributed by atoms with Gasteiger partial charge in [0.1, 0.15) is 5.76 Å². The van der Waals surface area contributed by atoms with Crippen LogP contribution in [0.1, 0.15) is 11.5 Å². The first-order chi connectivity index (χ1) is 5.47. The third-order valence-corrected chi connectivity index (χ3v) is 2.43. The molecule has 6 heteroatoms. The predicted molar refractivity (Wildman–Crippen MR) is 44.6 cm³/mol. The van der Waals surface area contributed by atoms with Gasteiger partial charge < -0.3 is 4.52 Å². The summed E-state index contributed by atoms with van der Waals surface area (Å²) in [5.74, 6) is 0.553. The summed E-state index contributed by atoms with van der Waals surface area (Å²) >= 11 is 0. The molecule has 0 fully saturated rings. The Kier molecular flexibility index (Phi) is 2.74. The first kappa shape index (κ1) is 9.54. The van der Waals surface area contributed by atoms with Crippen molar-refractivity contribution in [2.24, 2.45) is 0 Å². The minimum Gasteiger partial charge on any atom is -0.361 e. The largest absolute Gasteiger partial charge is 0.361 e. The minimum absolute atomic E-state index is 0.111. The van der Waals surface area contributed by atoms with Crippen molar-refractivity contribution in [1.82, 2.24) is 5.16 Å². The highest BCUT2D eigenvalue weighted by Gasteiger charge is 2.07. The molecular weight excluding hydrogens is 202 g/mol. The molecule has 0 atom stereocenters. The molecule has 0 amide bonds. The van der Waals surface area contributed by atoms with Crippen LogP contribution in [0.4, 0.5) is 0 Å². The summed E-state index contributed by atoms with van der Waals surface area (Å²) in [7, 11) is 1.58. The average molecular weight is 210 g/mol. The van der Waals surface area contributed by atoms with Gasteiger partial charge in [-0.15, -0.1) is 0 Å². The van der Waals surface area contributed by atoms with Crippen molar-refractivity contribution in [3.63, 3.8) is 0 Å². The van der Waals surface area contributed by atoms with Crippen LogP contribution in [0.2, 0.25) is 0 Å². The molecule has 0 unspecified atom stereocenters. The molecule has 0 aliphatic rings. The van der Waals surface area contributed by atoms with E-state index in [-0.39, 0.29) is 5.75 Å². The second-order valence-corrected chi connectivity index (χ2v) is 5.32. The molecule has 0 aromatic carbocycles. The lowest BCUT2D eigenvalue weighted by Gasteiger charge is -1.90. The third-order valence-electron chi connectivity index (χ3n) is 1.28. The lowest BCUT2D eigenvalue weighted by atomic mass is 10.3. The van der Waals surface area contributed by atoms with Gasteiger partial charge >= 0.3 is 0 Å². The van der Waals surface area contributed by atoms with Crippen molar-refractivity contribution in [3.05, 3.63) is 17.5 Å². The van der Waals surface area contributed by atoms with Crippen molar-refractivity contribution in [3.8, 4) is 0 Å². The maximum Gasteiger partial charge on any atom is 0.232 e. The molecule has 0 spiro atoms. The van der Waals surface area contributed by atoms with Crippen LogP contribution in [-0.2, 0) is 15.5 Å². The number of nitrogens with zero attached hydrogens (tertiary/aromatic N) is 1. The summed E-state index contributed by atoms with van der Waals surface area (Å²) in [4.78, 5) is 0. The maximum absolute atomic E-state index is 10.5. The molecule has 1 rings (SSSR count). The summed E-state index contributed by atoms with van der Waals surface area (Å²) in [6.45, 7) is 1.74. The van der Waals surface area contributed by atoms with E-state index < -0.39 is 9.05 Å². The second-order valence-electron chi connectivity index (χ2n) is 2.42. The number of hydrogen-bond donors (Lipinski definition) is 0. The molecule has 4 nitrogen and oxygen atoms in total. The Hall–Kier alpha value is -0.550. The highest BCUT2D eigenvalue weighted by atomic mass is 35.7. The zero-order chi connectivity index (χ0) is 9.19. The van der Waals surface area contributed by atoms with Gasteiger partial charge in [0.25, 0.3) is 0 Å². The van der Waals surface area contributed by atoms with Gasteiger partial charge in [-0.1, -0.05) is 5.16 Å². The molecular formula is C6H8ClNO3S. The van der Waals surface area contributed by atoms with E-state index in [0.717, 1.165) is 0 Å². The molecule has 0 N–H and O–H groups in total.